The Kier molecular flexibility index (Phi) is 5.77. The Morgan fingerprint density at radius 2 is 2.22 bits per heavy atom. The van der Waals surface area contributed by atoms with Crippen molar-refractivity contribution in [2.75, 3.05) is 6.61 Å². The van der Waals surface area contributed by atoms with Gasteiger partial charge in [0.25, 0.3) is 0 Å². The van der Waals surface area contributed by atoms with E-state index in [1.807, 2.05) is 13.8 Å². The molecule has 0 spiro atoms. The minimum Gasteiger partial charge on any atom is -0.394 e. The molecular formula is C11H21N3O3S. The quantitative estimate of drug-likeness (QED) is 0.732. The van der Waals surface area contributed by atoms with Crippen molar-refractivity contribution < 1.29 is 13.5 Å². The first-order chi connectivity index (χ1) is 8.53. The molecule has 0 aliphatic heterocycles. The average Bonchev–Trinajstić information content (AvgIpc) is 2.78. The van der Waals surface area contributed by atoms with Gasteiger partial charge in [-0.25, -0.2) is 13.1 Å². The summed E-state index contributed by atoms with van der Waals surface area (Å²) in [6.45, 7) is 4.21. The maximum absolute atomic E-state index is 12.1. The first kappa shape index (κ1) is 15.1. The van der Waals surface area contributed by atoms with E-state index >= 15 is 0 Å². The van der Waals surface area contributed by atoms with Crippen molar-refractivity contribution in [1.29, 1.82) is 0 Å². The molecule has 0 saturated carbocycles. The molecule has 18 heavy (non-hydrogen) atoms. The molecule has 0 radical (unpaired) electrons. The first-order valence-corrected chi connectivity index (χ1v) is 7.67. The van der Waals surface area contributed by atoms with Gasteiger partial charge in [0, 0.05) is 12.2 Å². The molecule has 0 saturated heterocycles. The maximum atomic E-state index is 12.1. The standard InChI is InChI=1S/C11H21N3O3S/c1-3-5-10(4-2)13-18(16,17)11-8-12-14(9-11)6-7-15/h8-10,13,15H,3-7H2,1-2H3. The summed E-state index contributed by atoms with van der Waals surface area (Å²) in [6.07, 6.45) is 5.25. The van der Waals surface area contributed by atoms with E-state index in [-0.39, 0.29) is 17.5 Å². The smallest absolute Gasteiger partial charge is 0.243 e. The molecule has 1 rings (SSSR count). The van der Waals surface area contributed by atoms with Crippen LogP contribution in [0.1, 0.15) is 33.1 Å². The predicted octanol–water partition coefficient (Wildman–Crippen LogP) is 0.732. The van der Waals surface area contributed by atoms with Crippen molar-refractivity contribution in [3.05, 3.63) is 12.4 Å². The molecule has 0 amide bonds. The number of rotatable bonds is 8. The van der Waals surface area contributed by atoms with Crippen LogP contribution >= 0.6 is 0 Å². The summed E-state index contributed by atoms with van der Waals surface area (Å²) < 4.78 is 28.2. The summed E-state index contributed by atoms with van der Waals surface area (Å²) in [6, 6.07) is -0.0406. The summed E-state index contributed by atoms with van der Waals surface area (Å²) >= 11 is 0. The van der Waals surface area contributed by atoms with Gasteiger partial charge in [-0.15, -0.1) is 0 Å². The van der Waals surface area contributed by atoms with E-state index in [2.05, 4.69) is 9.82 Å². The van der Waals surface area contributed by atoms with Gasteiger partial charge in [-0.05, 0) is 12.8 Å². The number of aliphatic hydroxyl groups excluding tert-OH is 1. The number of sulfonamides is 1. The number of aliphatic hydroxyl groups is 1. The molecule has 0 bridgehead atoms. The van der Waals surface area contributed by atoms with Gasteiger partial charge in [-0.3, -0.25) is 4.68 Å². The van der Waals surface area contributed by atoms with Gasteiger partial charge in [0.15, 0.2) is 0 Å². The minimum atomic E-state index is -3.51. The Hall–Kier alpha value is -0.920. The fourth-order valence-corrected chi connectivity index (χ4v) is 3.00. The summed E-state index contributed by atoms with van der Waals surface area (Å²) in [5.74, 6) is 0. The van der Waals surface area contributed by atoms with E-state index in [4.69, 9.17) is 5.11 Å². The minimum absolute atomic E-state index is 0.0406. The second-order valence-electron chi connectivity index (χ2n) is 4.18. The van der Waals surface area contributed by atoms with Gasteiger partial charge in [-0.1, -0.05) is 20.3 Å². The number of aromatic nitrogens is 2. The SMILES string of the molecule is CCCC(CC)NS(=O)(=O)c1cnn(CCO)c1. The topological polar surface area (TPSA) is 84.2 Å². The van der Waals surface area contributed by atoms with E-state index < -0.39 is 10.0 Å². The van der Waals surface area contributed by atoms with Gasteiger partial charge < -0.3 is 5.11 Å². The van der Waals surface area contributed by atoms with Gasteiger partial charge >= 0.3 is 0 Å². The van der Waals surface area contributed by atoms with Crippen molar-refractivity contribution in [1.82, 2.24) is 14.5 Å². The van der Waals surface area contributed by atoms with Crippen LogP contribution in [-0.4, -0.2) is 36.0 Å². The molecule has 1 heterocycles. The highest BCUT2D eigenvalue weighted by Gasteiger charge is 2.20. The first-order valence-electron chi connectivity index (χ1n) is 6.19. The van der Waals surface area contributed by atoms with Crippen molar-refractivity contribution in [3.8, 4) is 0 Å². The van der Waals surface area contributed by atoms with Gasteiger partial charge in [0.1, 0.15) is 4.90 Å². The third-order valence-corrected chi connectivity index (χ3v) is 4.18. The van der Waals surface area contributed by atoms with Crippen LogP contribution in [0.25, 0.3) is 0 Å². The van der Waals surface area contributed by atoms with Crippen LogP contribution in [0, 0.1) is 0 Å². The monoisotopic (exact) mass is 275 g/mol. The van der Waals surface area contributed by atoms with Crippen LogP contribution in [0.4, 0.5) is 0 Å². The maximum Gasteiger partial charge on any atom is 0.243 e. The molecule has 1 unspecified atom stereocenters. The van der Waals surface area contributed by atoms with E-state index in [9.17, 15) is 8.42 Å². The fraction of sp³-hybridized carbons (Fsp3) is 0.727. The molecule has 0 fully saturated rings. The van der Waals surface area contributed by atoms with E-state index in [1.54, 1.807) is 0 Å². The van der Waals surface area contributed by atoms with Crippen molar-refractivity contribution in [3.63, 3.8) is 0 Å². The van der Waals surface area contributed by atoms with E-state index in [0.717, 1.165) is 19.3 Å². The molecule has 6 nitrogen and oxygen atoms in total. The summed E-state index contributed by atoms with van der Waals surface area (Å²) in [5, 5.41) is 12.6. The summed E-state index contributed by atoms with van der Waals surface area (Å²) in [7, 11) is -3.51. The van der Waals surface area contributed by atoms with Crippen molar-refractivity contribution in [2.45, 2.75) is 50.6 Å². The zero-order valence-corrected chi connectivity index (χ0v) is 11.7. The number of hydrogen-bond donors (Lipinski definition) is 2. The highest BCUT2D eigenvalue weighted by Crippen LogP contribution is 2.10. The molecule has 0 aromatic carbocycles. The Balaban J connectivity index is 2.78. The van der Waals surface area contributed by atoms with E-state index in [0.29, 0.717) is 6.54 Å². The highest BCUT2D eigenvalue weighted by molar-refractivity contribution is 7.89. The zero-order chi connectivity index (χ0) is 13.6. The normalized spacial score (nSPS) is 13.7. The Labute approximate surface area is 108 Å². The Morgan fingerprint density at radius 3 is 2.78 bits per heavy atom. The lowest BCUT2D eigenvalue weighted by Crippen LogP contribution is -2.34. The number of nitrogens with zero attached hydrogens (tertiary/aromatic N) is 2. The molecule has 2 N–H and O–H groups in total. The molecule has 104 valence electrons. The molecular weight excluding hydrogens is 254 g/mol. The second-order valence-corrected chi connectivity index (χ2v) is 5.89. The van der Waals surface area contributed by atoms with Crippen LogP contribution in [0.2, 0.25) is 0 Å². The predicted molar refractivity (Wildman–Crippen MR) is 68.6 cm³/mol. The molecule has 1 aromatic rings. The fourth-order valence-electron chi connectivity index (χ4n) is 1.69. The van der Waals surface area contributed by atoms with Crippen LogP contribution in [0.5, 0.6) is 0 Å². The lowest BCUT2D eigenvalue weighted by molar-refractivity contribution is 0.269. The van der Waals surface area contributed by atoms with Gasteiger partial charge in [0.2, 0.25) is 10.0 Å². The zero-order valence-electron chi connectivity index (χ0n) is 10.8. The third-order valence-electron chi connectivity index (χ3n) is 2.70. The lowest BCUT2D eigenvalue weighted by atomic mass is 10.1. The average molecular weight is 275 g/mol. The second kappa shape index (κ2) is 6.86. The van der Waals surface area contributed by atoms with Gasteiger partial charge in [-0.2, -0.15) is 5.10 Å². The van der Waals surface area contributed by atoms with Crippen LogP contribution in [0.3, 0.4) is 0 Å². The number of hydrogen-bond acceptors (Lipinski definition) is 4. The number of nitrogens with one attached hydrogen (secondary N) is 1. The third kappa shape index (κ3) is 4.08. The van der Waals surface area contributed by atoms with Crippen LogP contribution in [-0.2, 0) is 16.6 Å². The molecule has 0 aliphatic carbocycles. The Bertz CT molecular complexity index is 456. The van der Waals surface area contributed by atoms with E-state index in [1.165, 1.54) is 17.1 Å². The summed E-state index contributed by atoms with van der Waals surface area (Å²) in [4.78, 5) is 0.144. The molecule has 7 heteroatoms. The Morgan fingerprint density at radius 1 is 1.50 bits per heavy atom. The molecule has 1 atom stereocenters. The highest BCUT2D eigenvalue weighted by atomic mass is 32.2. The van der Waals surface area contributed by atoms with Crippen molar-refractivity contribution in [2.24, 2.45) is 0 Å². The lowest BCUT2D eigenvalue weighted by Gasteiger charge is -2.15. The molecule has 0 aliphatic rings. The van der Waals surface area contributed by atoms with Gasteiger partial charge in [0.05, 0.1) is 19.3 Å². The largest absolute Gasteiger partial charge is 0.394 e. The van der Waals surface area contributed by atoms with Crippen molar-refractivity contribution >= 4 is 10.0 Å². The van der Waals surface area contributed by atoms with Crippen LogP contribution < -0.4 is 4.72 Å². The molecule has 1 aromatic heterocycles. The summed E-state index contributed by atoms with van der Waals surface area (Å²) in [5.41, 5.74) is 0. The van der Waals surface area contributed by atoms with Crippen LogP contribution in [0.15, 0.2) is 17.3 Å².